The Kier molecular flexibility index (Phi) is 4.91. The number of carbonyl (C=O) groups is 1. The van der Waals surface area contributed by atoms with Gasteiger partial charge in [0.05, 0.1) is 21.8 Å². The molecule has 132 valence electrons. The van der Waals surface area contributed by atoms with Gasteiger partial charge < -0.3 is 4.74 Å². The van der Waals surface area contributed by atoms with Gasteiger partial charge in [0.2, 0.25) is 0 Å². The normalized spacial score (nSPS) is 12.5. The first-order valence-corrected chi connectivity index (χ1v) is 8.28. The van der Waals surface area contributed by atoms with Crippen LogP contribution in [0.25, 0.3) is 10.2 Å². The number of Topliss-reactive ketones (excluding diaryl/α,β-unsaturated/α-hetero) is 1. The average molecular weight is 376 g/mol. The highest BCUT2D eigenvalue weighted by Gasteiger charge is 2.31. The molecule has 0 N–H and O–H groups in total. The molecular formula is C18H11F3N2O2S. The summed E-state index contributed by atoms with van der Waals surface area (Å²) < 4.78 is 44.1. The van der Waals surface area contributed by atoms with Crippen molar-refractivity contribution in [3.63, 3.8) is 0 Å². The second-order valence-corrected chi connectivity index (χ2v) is 6.42. The number of aromatic nitrogens is 1. The smallest absolute Gasteiger partial charge is 0.416 e. The number of fused-ring (bicyclic) bond motifs is 1. The molecule has 26 heavy (non-hydrogen) atoms. The zero-order chi connectivity index (χ0) is 18.7. The molecule has 0 saturated heterocycles. The Labute approximate surface area is 150 Å². The van der Waals surface area contributed by atoms with Gasteiger partial charge in [-0.3, -0.25) is 4.79 Å². The number of halogens is 3. The van der Waals surface area contributed by atoms with Crippen LogP contribution in [0.2, 0.25) is 0 Å². The number of nitriles is 1. The molecule has 0 aliphatic heterocycles. The van der Waals surface area contributed by atoms with Crippen LogP contribution in [0.3, 0.4) is 0 Å². The molecule has 0 saturated carbocycles. The molecule has 1 aromatic heterocycles. The lowest BCUT2D eigenvalue weighted by Crippen LogP contribution is -2.19. The minimum atomic E-state index is -4.50. The third-order valence-corrected chi connectivity index (χ3v) is 4.65. The molecule has 8 heteroatoms. The van der Waals surface area contributed by atoms with Crippen molar-refractivity contribution < 1.29 is 22.7 Å². The Morgan fingerprint density at radius 1 is 1.23 bits per heavy atom. The van der Waals surface area contributed by atoms with Crippen LogP contribution in [0.4, 0.5) is 13.2 Å². The van der Waals surface area contributed by atoms with E-state index in [0.29, 0.717) is 10.5 Å². The molecule has 0 aliphatic rings. The van der Waals surface area contributed by atoms with Crippen molar-refractivity contribution in [2.45, 2.75) is 12.1 Å². The van der Waals surface area contributed by atoms with Crippen LogP contribution in [0.1, 0.15) is 16.5 Å². The molecular weight excluding hydrogens is 365 g/mol. The molecule has 2 aromatic carbocycles. The first kappa shape index (κ1) is 17.9. The van der Waals surface area contributed by atoms with Crippen LogP contribution in [-0.4, -0.2) is 17.4 Å². The second-order valence-electron chi connectivity index (χ2n) is 5.36. The molecule has 0 aliphatic carbocycles. The largest absolute Gasteiger partial charge is 0.486 e. The van der Waals surface area contributed by atoms with Crippen molar-refractivity contribution in [3.05, 3.63) is 59.1 Å². The monoisotopic (exact) mass is 376 g/mol. The molecule has 1 atom stereocenters. The van der Waals surface area contributed by atoms with E-state index in [0.717, 1.165) is 16.8 Å². The van der Waals surface area contributed by atoms with Crippen molar-refractivity contribution in [1.29, 1.82) is 5.26 Å². The van der Waals surface area contributed by atoms with Crippen LogP contribution in [0.15, 0.2) is 48.5 Å². The summed E-state index contributed by atoms with van der Waals surface area (Å²) in [6.07, 6.45) is -4.50. The number of nitrogens with zero attached hydrogens (tertiary/aromatic N) is 2. The average Bonchev–Trinajstić information content (AvgIpc) is 3.03. The molecule has 1 heterocycles. The summed E-state index contributed by atoms with van der Waals surface area (Å²) in [5.41, 5.74) is -0.190. The Balaban J connectivity index is 1.73. The number of ketones is 1. The van der Waals surface area contributed by atoms with E-state index in [1.807, 2.05) is 18.2 Å². The van der Waals surface area contributed by atoms with E-state index >= 15 is 0 Å². The van der Waals surface area contributed by atoms with Crippen LogP contribution in [0.5, 0.6) is 5.75 Å². The minimum absolute atomic E-state index is 0.0887. The van der Waals surface area contributed by atoms with Gasteiger partial charge in [-0.2, -0.15) is 18.4 Å². The molecule has 0 fully saturated rings. The number of carbonyl (C=O) groups excluding carboxylic acids is 1. The van der Waals surface area contributed by atoms with E-state index in [9.17, 15) is 23.2 Å². The molecule has 0 radical (unpaired) electrons. The summed E-state index contributed by atoms with van der Waals surface area (Å²) in [7, 11) is 0. The summed E-state index contributed by atoms with van der Waals surface area (Å²) >= 11 is 1.23. The van der Waals surface area contributed by atoms with Gasteiger partial charge in [0.1, 0.15) is 17.4 Å². The molecule has 0 bridgehead atoms. The summed E-state index contributed by atoms with van der Waals surface area (Å²) in [5.74, 6) is -1.78. The van der Waals surface area contributed by atoms with Gasteiger partial charge in [-0.05, 0) is 30.3 Å². The van der Waals surface area contributed by atoms with Crippen LogP contribution < -0.4 is 4.74 Å². The number of rotatable bonds is 5. The zero-order valence-corrected chi connectivity index (χ0v) is 14.0. The van der Waals surface area contributed by atoms with Crippen LogP contribution in [-0.2, 0) is 11.0 Å². The standard InChI is InChI=1S/C18H11F3N2O2S/c19-18(20,21)11-4-3-5-12(8-11)25-10-15(24)13(9-22)17-23-14-6-1-2-7-16(14)26-17/h1-8,13H,10H2/t13-/m1/s1. The highest BCUT2D eigenvalue weighted by Crippen LogP contribution is 2.32. The predicted octanol–water partition coefficient (Wildman–Crippen LogP) is 4.57. The molecule has 0 amide bonds. The fraction of sp³-hybridized carbons (Fsp3) is 0.167. The number of thiazole rings is 1. The van der Waals surface area contributed by atoms with Gasteiger partial charge in [-0.15, -0.1) is 11.3 Å². The number of ether oxygens (including phenoxy) is 1. The number of alkyl halides is 3. The van der Waals surface area contributed by atoms with Gasteiger partial charge in [-0.1, -0.05) is 18.2 Å². The SMILES string of the molecule is N#C[C@H](C(=O)COc1cccc(C(F)(F)F)c1)c1nc2ccccc2s1. The van der Waals surface area contributed by atoms with Crippen molar-refractivity contribution in [1.82, 2.24) is 4.98 Å². The topological polar surface area (TPSA) is 63.0 Å². The summed E-state index contributed by atoms with van der Waals surface area (Å²) in [5, 5.41) is 9.65. The lowest BCUT2D eigenvalue weighted by atomic mass is 10.1. The molecule has 3 rings (SSSR count). The van der Waals surface area contributed by atoms with Gasteiger partial charge in [0.25, 0.3) is 0 Å². The van der Waals surface area contributed by atoms with Gasteiger partial charge >= 0.3 is 6.18 Å². The fourth-order valence-electron chi connectivity index (χ4n) is 2.28. The van der Waals surface area contributed by atoms with Gasteiger partial charge in [0, 0.05) is 0 Å². The van der Waals surface area contributed by atoms with E-state index in [-0.39, 0.29) is 5.75 Å². The zero-order valence-electron chi connectivity index (χ0n) is 13.2. The summed E-state index contributed by atoms with van der Waals surface area (Å²) in [6.45, 7) is -0.518. The third kappa shape index (κ3) is 3.83. The van der Waals surface area contributed by atoms with Gasteiger partial charge in [-0.25, -0.2) is 4.98 Å². The number of hydrogen-bond acceptors (Lipinski definition) is 5. The highest BCUT2D eigenvalue weighted by atomic mass is 32.1. The first-order chi connectivity index (χ1) is 12.4. The maximum absolute atomic E-state index is 12.7. The lowest BCUT2D eigenvalue weighted by Gasteiger charge is -2.10. The summed E-state index contributed by atoms with van der Waals surface area (Å²) in [6, 6.07) is 13.3. The number of hydrogen-bond donors (Lipinski definition) is 0. The van der Waals surface area contributed by atoms with E-state index in [4.69, 9.17) is 4.74 Å². The van der Waals surface area contributed by atoms with E-state index in [1.165, 1.54) is 23.5 Å². The minimum Gasteiger partial charge on any atom is -0.486 e. The second kappa shape index (κ2) is 7.14. The Morgan fingerprint density at radius 3 is 2.69 bits per heavy atom. The molecule has 0 unspecified atom stereocenters. The Morgan fingerprint density at radius 2 is 2.00 bits per heavy atom. The maximum atomic E-state index is 12.7. The first-order valence-electron chi connectivity index (χ1n) is 7.46. The number of para-hydroxylation sites is 1. The third-order valence-electron chi connectivity index (χ3n) is 3.55. The lowest BCUT2D eigenvalue weighted by molar-refractivity contribution is -0.137. The van der Waals surface area contributed by atoms with E-state index in [2.05, 4.69) is 4.98 Å². The Bertz CT molecular complexity index is 959. The quantitative estimate of drug-likeness (QED) is 0.654. The van der Waals surface area contributed by atoms with Crippen LogP contribution >= 0.6 is 11.3 Å². The van der Waals surface area contributed by atoms with Crippen molar-refractivity contribution in [3.8, 4) is 11.8 Å². The predicted molar refractivity (Wildman–Crippen MR) is 89.9 cm³/mol. The van der Waals surface area contributed by atoms with Crippen molar-refractivity contribution in [2.75, 3.05) is 6.61 Å². The highest BCUT2D eigenvalue weighted by molar-refractivity contribution is 7.18. The number of benzene rings is 2. The molecule has 0 spiro atoms. The molecule has 3 aromatic rings. The molecule has 4 nitrogen and oxygen atoms in total. The fourth-order valence-corrected chi connectivity index (χ4v) is 3.31. The van der Waals surface area contributed by atoms with E-state index in [1.54, 1.807) is 12.1 Å². The van der Waals surface area contributed by atoms with Crippen LogP contribution in [0, 0.1) is 11.3 Å². The maximum Gasteiger partial charge on any atom is 0.416 e. The Hall–Kier alpha value is -2.92. The van der Waals surface area contributed by atoms with Crippen molar-refractivity contribution in [2.24, 2.45) is 0 Å². The summed E-state index contributed by atoms with van der Waals surface area (Å²) in [4.78, 5) is 16.6. The van der Waals surface area contributed by atoms with E-state index < -0.39 is 30.0 Å². The van der Waals surface area contributed by atoms with Crippen molar-refractivity contribution >= 4 is 27.3 Å². The van der Waals surface area contributed by atoms with Gasteiger partial charge in [0.15, 0.2) is 11.7 Å².